The summed E-state index contributed by atoms with van der Waals surface area (Å²) in [4.78, 5) is 0. The van der Waals surface area contributed by atoms with Gasteiger partial charge in [0.05, 0.1) is 0 Å². The molecule has 1 rings (SSSR count). The SMILES string of the molecule is CCC(CC)NS(=O)(=O)/C=C/c1ccc(Cl)cc1. The van der Waals surface area contributed by atoms with Crippen molar-refractivity contribution in [1.82, 2.24) is 4.72 Å². The van der Waals surface area contributed by atoms with Crippen LogP contribution in [0.15, 0.2) is 29.7 Å². The van der Waals surface area contributed by atoms with E-state index in [2.05, 4.69) is 4.72 Å². The monoisotopic (exact) mass is 287 g/mol. The number of nitrogens with one attached hydrogen (secondary N) is 1. The van der Waals surface area contributed by atoms with Gasteiger partial charge in [0, 0.05) is 16.5 Å². The molecule has 0 bridgehead atoms. The normalized spacial score (nSPS) is 12.4. The van der Waals surface area contributed by atoms with E-state index in [1.807, 2.05) is 13.8 Å². The molecular weight excluding hydrogens is 270 g/mol. The fraction of sp³-hybridized carbons (Fsp3) is 0.385. The Morgan fingerprint density at radius 2 is 1.78 bits per heavy atom. The summed E-state index contributed by atoms with van der Waals surface area (Å²) in [6.07, 6.45) is 3.12. The van der Waals surface area contributed by atoms with Gasteiger partial charge in [-0.1, -0.05) is 37.6 Å². The minimum absolute atomic E-state index is 0.00938. The highest BCUT2D eigenvalue weighted by Gasteiger charge is 2.11. The van der Waals surface area contributed by atoms with E-state index in [4.69, 9.17) is 11.6 Å². The molecule has 0 heterocycles. The van der Waals surface area contributed by atoms with Crippen molar-refractivity contribution in [3.8, 4) is 0 Å². The van der Waals surface area contributed by atoms with Crippen molar-refractivity contribution in [3.63, 3.8) is 0 Å². The first-order valence-corrected chi connectivity index (χ1v) is 7.85. The van der Waals surface area contributed by atoms with Crippen LogP contribution in [0.1, 0.15) is 32.3 Å². The lowest BCUT2D eigenvalue weighted by molar-refractivity contribution is 0.537. The smallest absolute Gasteiger partial charge is 0.209 e. The molecule has 100 valence electrons. The second kappa shape index (κ2) is 6.92. The molecule has 0 aliphatic heterocycles. The van der Waals surface area contributed by atoms with Gasteiger partial charge in [-0.15, -0.1) is 0 Å². The van der Waals surface area contributed by atoms with Gasteiger partial charge in [0.15, 0.2) is 0 Å². The van der Waals surface area contributed by atoms with E-state index in [0.717, 1.165) is 18.4 Å². The predicted octanol–water partition coefficient (Wildman–Crippen LogP) is 3.42. The van der Waals surface area contributed by atoms with Crippen LogP contribution in [0.5, 0.6) is 0 Å². The van der Waals surface area contributed by atoms with E-state index in [-0.39, 0.29) is 6.04 Å². The Bertz CT molecular complexity index is 490. The van der Waals surface area contributed by atoms with Gasteiger partial charge in [-0.05, 0) is 36.6 Å². The summed E-state index contributed by atoms with van der Waals surface area (Å²) in [6.45, 7) is 3.92. The van der Waals surface area contributed by atoms with Crippen molar-refractivity contribution in [1.29, 1.82) is 0 Å². The van der Waals surface area contributed by atoms with E-state index >= 15 is 0 Å². The summed E-state index contributed by atoms with van der Waals surface area (Å²) in [7, 11) is -3.38. The Morgan fingerprint density at radius 1 is 1.22 bits per heavy atom. The molecule has 0 saturated heterocycles. The molecule has 0 aliphatic rings. The third-order valence-electron chi connectivity index (χ3n) is 2.63. The number of sulfonamides is 1. The molecule has 1 aromatic carbocycles. The predicted molar refractivity (Wildman–Crippen MR) is 76.9 cm³/mol. The highest BCUT2D eigenvalue weighted by atomic mass is 35.5. The summed E-state index contributed by atoms with van der Waals surface area (Å²) in [5, 5.41) is 1.82. The first kappa shape index (κ1) is 15.2. The Kier molecular flexibility index (Phi) is 5.85. The van der Waals surface area contributed by atoms with Crippen LogP contribution in [-0.2, 0) is 10.0 Å². The number of hydrogen-bond acceptors (Lipinski definition) is 2. The average Bonchev–Trinajstić information content (AvgIpc) is 2.35. The maximum absolute atomic E-state index is 11.8. The third kappa shape index (κ3) is 5.21. The lowest BCUT2D eigenvalue weighted by atomic mass is 10.2. The van der Waals surface area contributed by atoms with E-state index in [1.54, 1.807) is 30.3 Å². The summed E-state index contributed by atoms with van der Waals surface area (Å²) in [5.41, 5.74) is 0.800. The van der Waals surface area contributed by atoms with E-state index < -0.39 is 10.0 Å². The number of hydrogen-bond donors (Lipinski definition) is 1. The lowest BCUT2D eigenvalue weighted by Crippen LogP contribution is -2.32. The summed E-state index contributed by atoms with van der Waals surface area (Å²) in [6, 6.07) is 6.98. The average molecular weight is 288 g/mol. The van der Waals surface area contributed by atoms with Gasteiger partial charge in [-0.2, -0.15) is 0 Å². The van der Waals surface area contributed by atoms with Crippen LogP contribution in [0, 0.1) is 0 Å². The molecule has 0 spiro atoms. The number of rotatable bonds is 6. The Hall–Kier alpha value is -0.840. The highest BCUT2D eigenvalue weighted by molar-refractivity contribution is 7.92. The topological polar surface area (TPSA) is 46.2 Å². The Morgan fingerprint density at radius 3 is 2.28 bits per heavy atom. The molecule has 1 N–H and O–H groups in total. The first-order chi connectivity index (χ1) is 8.46. The van der Waals surface area contributed by atoms with Gasteiger partial charge in [0.1, 0.15) is 0 Å². The van der Waals surface area contributed by atoms with Crippen LogP contribution < -0.4 is 4.72 Å². The molecule has 0 fully saturated rings. The van der Waals surface area contributed by atoms with Gasteiger partial charge in [-0.25, -0.2) is 13.1 Å². The second-order valence-corrected chi connectivity index (χ2v) is 6.06. The highest BCUT2D eigenvalue weighted by Crippen LogP contribution is 2.11. The molecule has 0 atom stereocenters. The zero-order valence-corrected chi connectivity index (χ0v) is 12.1. The maximum atomic E-state index is 11.8. The van der Waals surface area contributed by atoms with E-state index in [0.29, 0.717) is 5.02 Å². The number of halogens is 1. The van der Waals surface area contributed by atoms with Gasteiger partial charge in [0.25, 0.3) is 0 Å². The van der Waals surface area contributed by atoms with Crippen LogP contribution in [0.2, 0.25) is 5.02 Å². The molecule has 1 aromatic rings. The van der Waals surface area contributed by atoms with Crippen LogP contribution in [0.4, 0.5) is 0 Å². The lowest BCUT2D eigenvalue weighted by Gasteiger charge is -2.12. The molecule has 0 radical (unpaired) electrons. The molecule has 0 aliphatic carbocycles. The van der Waals surface area contributed by atoms with Crippen molar-refractivity contribution in [2.24, 2.45) is 0 Å². The van der Waals surface area contributed by atoms with Gasteiger partial charge >= 0.3 is 0 Å². The quantitative estimate of drug-likeness (QED) is 0.871. The fourth-order valence-corrected chi connectivity index (χ4v) is 2.81. The minimum atomic E-state index is -3.38. The summed E-state index contributed by atoms with van der Waals surface area (Å²) in [5.74, 6) is 0. The molecule has 0 aromatic heterocycles. The van der Waals surface area contributed by atoms with E-state index in [9.17, 15) is 8.42 Å². The zero-order valence-electron chi connectivity index (χ0n) is 10.6. The molecule has 0 unspecified atom stereocenters. The second-order valence-electron chi connectivity index (χ2n) is 4.03. The van der Waals surface area contributed by atoms with Gasteiger partial charge in [0.2, 0.25) is 10.0 Å². The van der Waals surface area contributed by atoms with Crippen LogP contribution in [0.25, 0.3) is 6.08 Å². The molecule has 5 heteroatoms. The minimum Gasteiger partial charge on any atom is -0.209 e. The standard InChI is InChI=1S/C13H18ClNO2S/c1-3-13(4-2)15-18(16,17)10-9-11-5-7-12(14)8-6-11/h5-10,13,15H,3-4H2,1-2H3/b10-9+. The third-order valence-corrected chi connectivity index (χ3v) is 4.03. The largest absolute Gasteiger partial charge is 0.233 e. The van der Waals surface area contributed by atoms with Crippen LogP contribution in [-0.4, -0.2) is 14.5 Å². The summed E-state index contributed by atoms with van der Waals surface area (Å²) < 4.78 is 26.2. The van der Waals surface area contributed by atoms with E-state index in [1.165, 1.54) is 5.41 Å². The molecular formula is C13H18ClNO2S. The van der Waals surface area contributed by atoms with Crippen LogP contribution in [0.3, 0.4) is 0 Å². The number of benzene rings is 1. The van der Waals surface area contributed by atoms with Crippen LogP contribution >= 0.6 is 11.6 Å². The van der Waals surface area contributed by atoms with Crippen molar-refractivity contribution in [2.75, 3.05) is 0 Å². The molecule has 3 nitrogen and oxygen atoms in total. The summed E-state index contributed by atoms with van der Waals surface area (Å²) >= 11 is 5.75. The molecule has 0 saturated carbocycles. The van der Waals surface area contributed by atoms with Crippen molar-refractivity contribution in [3.05, 3.63) is 40.3 Å². The Balaban J connectivity index is 2.73. The fourth-order valence-electron chi connectivity index (χ4n) is 1.47. The van der Waals surface area contributed by atoms with Crippen molar-refractivity contribution >= 4 is 27.7 Å². The molecule has 18 heavy (non-hydrogen) atoms. The molecule has 0 amide bonds. The Labute approximate surface area is 114 Å². The van der Waals surface area contributed by atoms with Crippen molar-refractivity contribution in [2.45, 2.75) is 32.7 Å². The maximum Gasteiger partial charge on any atom is 0.233 e. The van der Waals surface area contributed by atoms with Crippen molar-refractivity contribution < 1.29 is 8.42 Å². The zero-order chi connectivity index (χ0) is 13.6. The van der Waals surface area contributed by atoms with Gasteiger partial charge in [-0.3, -0.25) is 0 Å². The van der Waals surface area contributed by atoms with Gasteiger partial charge < -0.3 is 0 Å². The first-order valence-electron chi connectivity index (χ1n) is 5.92.